The Morgan fingerprint density at radius 3 is 3.00 bits per heavy atom. The molecule has 1 aliphatic heterocycles. The Balaban J connectivity index is 1.95. The van der Waals surface area contributed by atoms with Gasteiger partial charge >= 0.3 is 0 Å². The maximum absolute atomic E-state index is 11.8. The van der Waals surface area contributed by atoms with Crippen LogP contribution in [0.2, 0.25) is 0 Å². The summed E-state index contributed by atoms with van der Waals surface area (Å²) in [6.07, 6.45) is 4.99. The van der Waals surface area contributed by atoms with Gasteiger partial charge in [0.1, 0.15) is 5.25 Å². The van der Waals surface area contributed by atoms with Crippen LogP contribution in [0.25, 0.3) is 0 Å². The predicted molar refractivity (Wildman–Crippen MR) is 61.9 cm³/mol. The van der Waals surface area contributed by atoms with Gasteiger partial charge < -0.3 is 10.3 Å². The van der Waals surface area contributed by atoms with E-state index in [-0.39, 0.29) is 12.3 Å². The molecule has 1 fully saturated rings. The molecule has 1 saturated heterocycles. The third-order valence-corrected chi connectivity index (χ3v) is 5.05. The van der Waals surface area contributed by atoms with Gasteiger partial charge in [0.15, 0.2) is 9.84 Å². The SMILES string of the molecule is O=C(NCc1cnc[nH]1)C1CCCCS1(=O)=O. The molecule has 0 aliphatic carbocycles. The smallest absolute Gasteiger partial charge is 0.238 e. The third kappa shape index (κ3) is 2.85. The summed E-state index contributed by atoms with van der Waals surface area (Å²) < 4.78 is 23.4. The lowest BCUT2D eigenvalue weighted by Gasteiger charge is -2.21. The van der Waals surface area contributed by atoms with Gasteiger partial charge in [-0.25, -0.2) is 13.4 Å². The quantitative estimate of drug-likeness (QED) is 0.797. The van der Waals surface area contributed by atoms with E-state index in [4.69, 9.17) is 0 Å². The molecule has 1 unspecified atom stereocenters. The first-order valence-electron chi connectivity index (χ1n) is 5.56. The van der Waals surface area contributed by atoms with Crippen molar-refractivity contribution in [1.82, 2.24) is 15.3 Å². The van der Waals surface area contributed by atoms with Gasteiger partial charge in [0.2, 0.25) is 5.91 Å². The zero-order valence-electron chi connectivity index (χ0n) is 9.35. The molecule has 1 aromatic heterocycles. The van der Waals surface area contributed by atoms with Crippen molar-refractivity contribution in [3.05, 3.63) is 18.2 Å². The second-order valence-electron chi connectivity index (χ2n) is 4.15. The van der Waals surface area contributed by atoms with Gasteiger partial charge in [-0.2, -0.15) is 0 Å². The van der Waals surface area contributed by atoms with Crippen LogP contribution in [0, 0.1) is 0 Å². The lowest BCUT2D eigenvalue weighted by atomic mass is 10.2. The Morgan fingerprint density at radius 1 is 1.53 bits per heavy atom. The van der Waals surface area contributed by atoms with Crippen molar-refractivity contribution in [3.8, 4) is 0 Å². The van der Waals surface area contributed by atoms with Crippen molar-refractivity contribution in [3.63, 3.8) is 0 Å². The lowest BCUT2D eigenvalue weighted by Crippen LogP contribution is -2.42. The molecule has 1 aromatic rings. The standard InChI is InChI=1S/C10H15N3O3S/c14-10(12-6-8-5-11-7-13-8)9-3-1-2-4-17(9,15)16/h5,7,9H,1-4,6H2,(H,11,13)(H,12,14). The number of hydrogen-bond acceptors (Lipinski definition) is 4. The van der Waals surface area contributed by atoms with Gasteiger partial charge in [-0.15, -0.1) is 0 Å². The summed E-state index contributed by atoms with van der Waals surface area (Å²) in [5.74, 6) is -0.283. The summed E-state index contributed by atoms with van der Waals surface area (Å²) in [4.78, 5) is 18.4. The van der Waals surface area contributed by atoms with Gasteiger partial charge in [-0.1, -0.05) is 6.42 Å². The summed E-state index contributed by atoms with van der Waals surface area (Å²) >= 11 is 0. The number of sulfone groups is 1. The average Bonchev–Trinajstić information content (AvgIpc) is 2.78. The van der Waals surface area contributed by atoms with Crippen molar-refractivity contribution < 1.29 is 13.2 Å². The number of imidazole rings is 1. The molecule has 2 rings (SSSR count). The zero-order chi connectivity index (χ0) is 12.3. The summed E-state index contributed by atoms with van der Waals surface area (Å²) in [5, 5.41) is 1.75. The summed E-state index contributed by atoms with van der Waals surface area (Å²) in [6.45, 7) is 0.283. The Hall–Kier alpha value is -1.37. The number of carbonyl (C=O) groups is 1. The lowest BCUT2D eigenvalue weighted by molar-refractivity contribution is -0.121. The van der Waals surface area contributed by atoms with Crippen LogP contribution in [-0.4, -0.2) is 35.3 Å². The minimum atomic E-state index is -3.25. The van der Waals surface area contributed by atoms with E-state index in [1.54, 1.807) is 6.20 Å². The molecule has 0 aromatic carbocycles. The monoisotopic (exact) mass is 257 g/mol. The van der Waals surface area contributed by atoms with E-state index in [0.29, 0.717) is 12.8 Å². The molecular formula is C10H15N3O3S. The molecule has 2 heterocycles. The molecule has 94 valence electrons. The van der Waals surface area contributed by atoms with Crippen LogP contribution in [0.1, 0.15) is 25.0 Å². The Morgan fingerprint density at radius 2 is 2.35 bits per heavy atom. The molecule has 0 bridgehead atoms. The highest BCUT2D eigenvalue weighted by atomic mass is 32.2. The number of aromatic amines is 1. The Bertz CT molecular complexity index is 481. The molecule has 2 N–H and O–H groups in total. The number of carbonyl (C=O) groups excluding carboxylic acids is 1. The highest BCUT2D eigenvalue weighted by Crippen LogP contribution is 2.19. The Kier molecular flexibility index (Phi) is 3.46. The summed E-state index contributed by atoms with van der Waals surface area (Å²) in [6, 6.07) is 0. The molecule has 6 nitrogen and oxygen atoms in total. The molecule has 1 amide bonds. The largest absolute Gasteiger partial charge is 0.349 e. The fourth-order valence-electron chi connectivity index (χ4n) is 1.93. The highest BCUT2D eigenvalue weighted by molar-refractivity contribution is 7.92. The van der Waals surface area contributed by atoms with Crippen molar-refractivity contribution in [1.29, 1.82) is 0 Å². The van der Waals surface area contributed by atoms with Crippen LogP contribution in [0.4, 0.5) is 0 Å². The van der Waals surface area contributed by atoms with Crippen LogP contribution in [0.15, 0.2) is 12.5 Å². The first-order chi connectivity index (χ1) is 8.09. The van der Waals surface area contributed by atoms with E-state index in [9.17, 15) is 13.2 Å². The first kappa shape index (κ1) is 12.1. The van der Waals surface area contributed by atoms with Crippen LogP contribution in [0.5, 0.6) is 0 Å². The maximum atomic E-state index is 11.8. The number of hydrogen-bond donors (Lipinski definition) is 2. The average molecular weight is 257 g/mol. The van der Waals surface area contributed by atoms with Gasteiger partial charge in [0.05, 0.1) is 24.3 Å². The number of H-pyrrole nitrogens is 1. The van der Waals surface area contributed by atoms with Gasteiger partial charge in [-0.05, 0) is 12.8 Å². The fraction of sp³-hybridized carbons (Fsp3) is 0.600. The van der Waals surface area contributed by atoms with Crippen molar-refractivity contribution in [2.45, 2.75) is 31.1 Å². The van der Waals surface area contributed by atoms with Crippen LogP contribution in [0.3, 0.4) is 0 Å². The topological polar surface area (TPSA) is 91.9 Å². The number of rotatable bonds is 3. The molecule has 0 radical (unpaired) electrons. The maximum Gasteiger partial charge on any atom is 0.238 e. The second-order valence-corrected chi connectivity index (χ2v) is 6.45. The molecular weight excluding hydrogens is 242 g/mol. The molecule has 0 spiro atoms. The van der Waals surface area contributed by atoms with Crippen LogP contribution < -0.4 is 5.32 Å². The van der Waals surface area contributed by atoms with E-state index in [2.05, 4.69) is 15.3 Å². The number of aromatic nitrogens is 2. The minimum Gasteiger partial charge on any atom is -0.349 e. The van der Waals surface area contributed by atoms with Crippen molar-refractivity contribution >= 4 is 15.7 Å². The summed E-state index contributed by atoms with van der Waals surface area (Å²) in [5.41, 5.74) is 0.756. The van der Waals surface area contributed by atoms with Crippen molar-refractivity contribution in [2.75, 3.05) is 5.75 Å². The molecule has 17 heavy (non-hydrogen) atoms. The van der Waals surface area contributed by atoms with Gasteiger partial charge in [0.25, 0.3) is 0 Å². The van der Waals surface area contributed by atoms with E-state index >= 15 is 0 Å². The number of nitrogens with zero attached hydrogens (tertiary/aromatic N) is 1. The molecule has 0 saturated carbocycles. The fourth-order valence-corrected chi connectivity index (χ4v) is 3.75. The van der Waals surface area contributed by atoms with E-state index in [0.717, 1.165) is 12.1 Å². The summed E-state index contributed by atoms with van der Waals surface area (Å²) in [7, 11) is -3.25. The van der Waals surface area contributed by atoms with E-state index in [1.165, 1.54) is 6.33 Å². The number of nitrogens with one attached hydrogen (secondary N) is 2. The third-order valence-electron chi connectivity index (χ3n) is 2.88. The minimum absolute atomic E-state index is 0.120. The first-order valence-corrected chi connectivity index (χ1v) is 7.28. The van der Waals surface area contributed by atoms with Gasteiger partial charge in [0, 0.05) is 6.20 Å². The Labute approximate surface area is 99.7 Å². The molecule has 1 atom stereocenters. The van der Waals surface area contributed by atoms with Gasteiger partial charge in [-0.3, -0.25) is 4.79 Å². The predicted octanol–water partition coefficient (Wildman–Crippen LogP) is -0.00680. The second kappa shape index (κ2) is 4.87. The highest BCUT2D eigenvalue weighted by Gasteiger charge is 2.34. The van der Waals surface area contributed by atoms with Crippen molar-refractivity contribution in [2.24, 2.45) is 0 Å². The van der Waals surface area contributed by atoms with Crippen LogP contribution >= 0.6 is 0 Å². The van der Waals surface area contributed by atoms with E-state index in [1.807, 2.05) is 0 Å². The number of amides is 1. The zero-order valence-corrected chi connectivity index (χ0v) is 10.2. The van der Waals surface area contributed by atoms with Crippen LogP contribution in [-0.2, 0) is 21.2 Å². The normalized spacial score (nSPS) is 23.2. The van der Waals surface area contributed by atoms with E-state index < -0.39 is 21.0 Å². The molecule has 7 heteroatoms. The molecule has 1 aliphatic rings.